The highest BCUT2D eigenvalue weighted by Gasteiger charge is 2.34. The quantitative estimate of drug-likeness (QED) is 0.901. The number of nitrogens with two attached hydrogens (primary N) is 1. The van der Waals surface area contributed by atoms with Crippen molar-refractivity contribution in [2.75, 3.05) is 13.1 Å². The van der Waals surface area contributed by atoms with Crippen LogP contribution in [0.5, 0.6) is 0 Å². The zero-order valence-electron chi connectivity index (χ0n) is 14.4. The molecule has 2 heteroatoms. The van der Waals surface area contributed by atoms with Crippen LogP contribution in [-0.4, -0.2) is 23.5 Å². The molecule has 0 saturated carbocycles. The van der Waals surface area contributed by atoms with E-state index in [1.165, 1.54) is 43.5 Å². The largest absolute Gasteiger partial charge is 0.322 e. The van der Waals surface area contributed by atoms with Crippen LogP contribution < -0.4 is 5.73 Å². The van der Waals surface area contributed by atoms with E-state index in [0.717, 1.165) is 0 Å². The van der Waals surface area contributed by atoms with Crippen molar-refractivity contribution in [1.29, 1.82) is 0 Å². The Labute approximate surface area is 130 Å². The van der Waals surface area contributed by atoms with Crippen molar-refractivity contribution < 1.29 is 0 Å². The Balaban J connectivity index is 2.16. The van der Waals surface area contributed by atoms with Gasteiger partial charge >= 0.3 is 0 Å². The molecule has 1 heterocycles. The Morgan fingerprint density at radius 3 is 1.90 bits per heavy atom. The average molecular weight is 288 g/mol. The first-order valence-electron chi connectivity index (χ1n) is 8.34. The molecule has 1 aromatic carbocycles. The molecule has 1 atom stereocenters. The smallest absolute Gasteiger partial charge is 0.0476 e. The minimum atomic E-state index is 0.0175. The van der Waals surface area contributed by atoms with Gasteiger partial charge in [0.2, 0.25) is 0 Å². The number of hydrogen-bond acceptors (Lipinski definition) is 2. The van der Waals surface area contributed by atoms with E-state index in [1.54, 1.807) is 0 Å². The van der Waals surface area contributed by atoms with Crippen molar-refractivity contribution in [3.8, 4) is 0 Å². The van der Waals surface area contributed by atoms with E-state index < -0.39 is 0 Å². The lowest BCUT2D eigenvalue weighted by Gasteiger charge is -2.45. The van der Waals surface area contributed by atoms with Gasteiger partial charge in [-0.2, -0.15) is 0 Å². The standard InChI is InChI=1S/C19H32N2/c1-18(2,3)16-11-9-15(10-12-16)17(20)19(4,5)21-13-7-6-8-14-21/h9-12,17H,6-8,13-14,20H2,1-5H3. The van der Waals surface area contributed by atoms with Crippen molar-refractivity contribution in [2.45, 2.75) is 70.9 Å². The zero-order chi connectivity index (χ0) is 15.7. The molecule has 1 unspecified atom stereocenters. The van der Waals surface area contributed by atoms with Crippen LogP contribution in [0.3, 0.4) is 0 Å². The van der Waals surface area contributed by atoms with Crippen molar-refractivity contribution in [3.05, 3.63) is 35.4 Å². The van der Waals surface area contributed by atoms with Crippen LogP contribution in [0.25, 0.3) is 0 Å². The van der Waals surface area contributed by atoms with Crippen LogP contribution in [0.4, 0.5) is 0 Å². The number of piperidine rings is 1. The molecule has 118 valence electrons. The van der Waals surface area contributed by atoms with Crippen LogP contribution in [0.2, 0.25) is 0 Å². The molecule has 0 bridgehead atoms. The SMILES string of the molecule is CC(C)(C)c1ccc(C(N)C(C)(C)N2CCCCC2)cc1. The number of nitrogens with zero attached hydrogens (tertiary/aromatic N) is 1. The summed E-state index contributed by atoms with van der Waals surface area (Å²) in [4.78, 5) is 2.57. The van der Waals surface area contributed by atoms with Crippen molar-refractivity contribution >= 4 is 0 Å². The first-order chi connectivity index (χ1) is 9.73. The van der Waals surface area contributed by atoms with Gasteiger partial charge in [-0.1, -0.05) is 51.5 Å². The Hall–Kier alpha value is -0.860. The lowest BCUT2D eigenvalue weighted by molar-refractivity contribution is 0.0730. The molecule has 0 spiro atoms. The second kappa shape index (κ2) is 6.10. The van der Waals surface area contributed by atoms with Crippen LogP contribution >= 0.6 is 0 Å². The number of likely N-dealkylation sites (tertiary alicyclic amines) is 1. The van der Waals surface area contributed by atoms with Gasteiger partial charge in [0, 0.05) is 11.6 Å². The zero-order valence-corrected chi connectivity index (χ0v) is 14.4. The second-order valence-electron chi connectivity index (χ2n) is 8.05. The van der Waals surface area contributed by atoms with Crippen molar-refractivity contribution in [3.63, 3.8) is 0 Å². The summed E-state index contributed by atoms with van der Waals surface area (Å²) in [5, 5.41) is 0. The Morgan fingerprint density at radius 2 is 1.43 bits per heavy atom. The molecule has 1 saturated heterocycles. The normalized spacial score (nSPS) is 19.5. The molecule has 1 aliphatic heterocycles. The molecular formula is C19H32N2. The van der Waals surface area contributed by atoms with E-state index in [0.29, 0.717) is 0 Å². The van der Waals surface area contributed by atoms with E-state index in [1.807, 2.05) is 0 Å². The molecular weight excluding hydrogens is 256 g/mol. The maximum atomic E-state index is 6.62. The molecule has 21 heavy (non-hydrogen) atoms. The number of hydrogen-bond donors (Lipinski definition) is 1. The highest BCUT2D eigenvalue weighted by molar-refractivity contribution is 5.30. The second-order valence-corrected chi connectivity index (χ2v) is 8.05. The minimum Gasteiger partial charge on any atom is -0.322 e. The van der Waals surface area contributed by atoms with Gasteiger partial charge in [0.05, 0.1) is 0 Å². The summed E-state index contributed by atoms with van der Waals surface area (Å²) in [6.07, 6.45) is 3.97. The predicted octanol–water partition coefficient (Wildman–Crippen LogP) is 4.25. The molecule has 2 rings (SSSR count). The first kappa shape index (κ1) is 16.5. The maximum Gasteiger partial charge on any atom is 0.0476 e. The van der Waals surface area contributed by atoms with Crippen molar-refractivity contribution in [2.24, 2.45) is 5.73 Å². The summed E-state index contributed by atoms with van der Waals surface area (Å²) in [5.41, 5.74) is 9.46. The van der Waals surface area contributed by atoms with Gasteiger partial charge < -0.3 is 5.73 Å². The molecule has 2 nitrogen and oxygen atoms in total. The van der Waals surface area contributed by atoms with Gasteiger partial charge in [-0.25, -0.2) is 0 Å². The number of benzene rings is 1. The Bertz CT molecular complexity index is 447. The van der Waals surface area contributed by atoms with Gasteiger partial charge in [0.25, 0.3) is 0 Å². The molecule has 1 fully saturated rings. The lowest BCUT2D eigenvalue weighted by atomic mass is 9.83. The monoisotopic (exact) mass is 288 g/mol. The van der Waals surface area contributed by atoms with Crippen LogP contribution in [-0.2, 0) is 5.41 Å². The fourth-order valence-electron chi connectivity index (χ4n) is 3.27. The molecule has 0 radical (unpaired) electrons. The lowest BCUT2D eigenvalue weighted by Crippen LogP contribution is -2.53. The van der Waals surface area contributed by atoms with E-state index in [2.05, 4.69) is 63.8 Å². The van der Waals surface area contributed by atoms with Crippen LogP contribution in [0.15, 0.2) is 24.3 Å². The molecule has 1 aliphatic rings. The summed E-state index contributed by atoms with van der Waals surface area (Å²) in [6, 6.07) is 8.97. The maximum absolute atomic E-state index is 6.62. The first-order valence-corrected chi connectivity index (χ1v) is 8.34. The third-order valence-electron chi connectivity index (χ3n) is 5.07. The topological polar surface area (TPSA) is 29.3 Å². The average Bonchev–Trinajstić information content (AvgIpc) is 2.46. The van der Waals surface area contributed by atoms with Gasteiger partial charge in [0.1, 0.15) is 0 Å². The third kappa shape index (κ3) is 3.67. The van der Waals surface area contributed by atoms with Crippen LogP contribution in [0.1, 0.15) is 71.0 Å². The molecule has 0 aromatic heterocycles. The fraction of sp³-hybridized carbons (Fsp3) is 0.684. The summed E-state index contributed by atoms with van der Waals surface area (Å²) >= 11 is 0. The summed E-state index contributed by atoms with van der Waals surface area (Å²) in [7, 11) is 0. The fourth-order valence-corrected chi connectivity index (χ4v) is 3.27. The summed E-state index contributed by atoms with van der Waals surface area (Å²) in [6.45, 7) is 13.7. The highest BCUT2D eigenvalue weighted by Crippen LogP contribution is 2.32. The van der Waals surface area contributed by atoms with Gasteiger partial charge in [-0.05, 0) is 56.3 Å². The molecule has 1 aromatic rings. The highest BCUT2D eigenvalue weighted by atomic mass is 15.2. The molecule has 0 aliphatic carbocycles. The van der Waals surface area contributed by atoms with Gasteiger partial charge in [-0.3, -0.25) is 4.90 Å². The van der Waals surface area contributed by atoms with E-state index >= 15 is 0 Å². The molecule has 2 N–H and O–H groups in total. The Kier molecular flexibility index (Phi) is 4.79. The van der Waals surface area contributed by atoms with E-state index in [4.69, 9.17) is 5.73 Å². The van der Waals surface area contributed by atoms with Gasteiger partial charge in [-0.15, -0.1) is 0 Å². The molecule has 0 amide bonds. The van der Waals surface area contributed by atoms with E-state index in [9.17, 15) is 0 Å². The Morgan fingerprint density at radius 1 is 0.905 bits per heavy atom. The summed E-state index contributed by atoms with van der Waals surface area (Å²) < 4.78 is 0. The van der Waals surface area contributed by atoms with Crippen molar-refractivity contribution in [1.82, 2.24) is 4.90 Å². The minimum absolute atomic E-state index is 0.0175. The predicted molar refractivity (Wildman–Crippen MR) is 91.6 cm³/mol. The summed E-state index contributed by atoms with van der Waals surface area (Å²) in [5.74, 6) is 0. The van der Waals surface area contributed by atoms with E-state index in [-0.39, 0.29) is 17.0 Å². The van der Waals surface area contributed by atoms with Crippen LogP contribution in [0, 0.1) is 0 Å². The van der Waals surface area contributed by atoms with Gasteiger partial charge in [0.15, 0.2) is 0 Å². The third-order valence-corrected chi connectivity index (χ3v) is 5.07. The number of rotatable bonds is 3.